The van der Waals surface area contributed by atoms with E-state index in [1.54, 1.807) is 0 Å². The molecule has 3 rings (SSSR count). The highest BCUT2D eigenvalue weighted by Gasteiger charge is 2.51. The van der Waals surface area contributed by atoms with Crippen LogP contribution in [0.4, 0.5) is 5.69 Å². The molecule has 24 heavy (non-hydrogen) atoms. The maximum absolute atomic E-state index is 12.9. The van der Waals surface area contributed by atoms with E-state index in [1.165, 1.54) is 0 Å². The summed E-state index contributed by atoms with van der Waals surface area (Å²) in [6.07, 6.45) is 1.75. The number of rotatable bonds is 7. The third kappa shape index (κ3) is 3.23. The molecule has 4 nitrogen and oxygen atoms in total. The summed E-state index contributed by atoms with van der Waals surface area (Å²) in [7, 11) is 0. The summed E-state index contributed by atoms with van der Waals surface area (Å²) in [6.45, 7) is 4.98. The number of hydrogen-bond acceptors (Lipinski definition) is 3. The topological polar surface area (TPSA) is 47.6 Å². The van der Waals surface area contributed by atoms with Crippen LogP contribution in [0.5, 0.6) is 11.5 Å². The van der Waals surface area contributed by atoms with Crippen LogP contribution in [0.3, 0.4) is 0 Å². The van der Waals surface area contributed by atoms with Crippen LogP contribution in [0.15, 0.2) is 48.5 Å². The monoisotopic (exact) mass is 325 g/mol. The Labute approximate surface area is 142 Å². The molecular formula is C20H23NO3. The molecule has 0 radical (unpaired) electrons. The molecule has 0 spiro atoms. The normalized spacial score (nSPS) is 14.8. The maximum Gasteiger partial charge on any atom is 0.235 e. The second-order valence-corrected chi connectivity index (χ2v) is 5.93. The van der Waals surface area contributed by atoms with Crippen molar-refractivity contribution in [1.82, 2.24) is 0 Å². The van der Waals surface area contributed by atoms with Crippen molar-refractivity contribution < 1.29 is 14.3 Å². The van der Waals surface area contributed by atoms with Gasteiger partial charge in [0.25, 0.3) is 0 Å². The van der Waals surface area contributed by atoms with Crippen molar-refractivity contribution >= 4 is 11.6 Å². The first-order valence-electron chi connectivity index (χ1n) is 8.46. The van der Waals surface area contributed by atoms with E-state index < -0.39 is 5.41 Å². The summed E-state index contributed by atoms with van der Waals surface area (Å²) in [5.41, 5.74) is 1.32. The molecule has 0 atom stereocenters. The number of nitrogens with one attached hydrogen (secondary N) is 1. The third-order valence-corrected chi connectivity index (χ3v) is 4.32. The predicted molar refractivity (Wildman–Crippen MR) is 94.8 cm³/mol. The van der Waals surface area contributed by atoms with E-state index in [1.807, 2.05) is 62.4 Å². The lowest BCUT2D eigenvalue weighted by Gasteiger charge is -2.18. The molecule has 1 saturated carbocycles. The summed E-state index contributed by atoms with van der Waals surface area (Å²) >= 11 is 0. The standard InChI is InChI=1S/C20H23NO3/c1-3-23-16-10-11-18(24-4-2)17(14-16)21-19(22)20(12-13-20)15-8-6-5-7-9-15/h5-11,14H,3-4,12-13H2,1-2H3,(H,21,22). The summed E-state index contributed by atoms with van der Waals surface area (Å²) < 4.78 is 11.2. The van der Waals surface area contributed by atoms with Crippen molar-refractivity contribution in [2.75, 3.05) is 18.5 Å². The van der Waals surface area contributed by atoms with Crippen LogP contribution in [-0.2, 0) is 10.2 Å². The van der Waals surface area contributed by atoms with Crippen molar-refractivity contribution in [2.45, 2.75) is 32.1 Å². The van der Waals surface area contributed by atoms with Crippen LogP contribution in [0.1, 0.15) is 32.3 Å². The number of amides is 1. The minimum atomic E-state index is -0.410. The Morgan fingerprint density at radius 1 is 1.04 bits per heavy atom. The Hall–Kier alpha value is -2.49. The average Bonchev–Trinajstić information content (AvgIpc) is 3.40. The Bertz CT molecular complexity index is 708. The minimum Gasteiger partial charge on any atom is -0.494 e. The first-order chi connectivity index (χ1) is 11.7. The molecule has 1 amide bonds. The van der Waals surface area contributed by atoms with Gasteiger partial charge in [-0.15, -0.1) is 0 Å². The number of carbonyl (C=O) groups excluding carboxylic acids is 1. The molecule has 4 heteroatoms. The lowest BCUT2D eigenvalue weighted by Crippen LogP contribution is -2.28. The Balaban J connectivity index is 1.84. The summed E-state index contributed by atoms with van der Waals surface area (Å²) in [4.78, 5) is 12.9. The highest BCUT2D eigenvalue weighted by molar-refractivity contribution is 6.02. The molecule has 0 bridgehead atoms. The van der Waals surface area contributed by atoms with Crippen LogP contribution < -0.4 is 14.8 Å². The van der Waals surface area contributed by atoms with E-state index in [4.69, 9.17) is 9.47 Å². The average molecular weight is 325 g/mol. The lowest BCUT2D eigenvalue weighted by molar-refractivity contribution is -0.118. The number of hydrogen-bond donors (Lipinski definition) is 1. The first kappa shape index (κ1) is 16.4. The number of anilines is 1. The van der Waals surface area contributed by atoms with Crippen molar-refractivity contribution in [3.63, 3.8) is 0 Å². The van der Waals surface area contributed by atoms with E-state index in [0.717, 1.165) is 24.2 Å². The Morgan fingerprint density at radius 2 is 1.75 bits per heavy atom. The lowest BCUT2D eigenvalue weighted by atomic mass is 9.95. The molecule has 0 aliphatic heterocycles. The van der Waals surface area contributed by atoms with Crippen LogP contribution in [0, 0.1) is 0 Å². The maximum atomic E-state index is 12.9. The summed E-state index contributed by atoms with van der Waals surface area (Å²) in [5.74, 6) is 1.40. The molecule has 1 fully saturated rings. The second kappa shape index (κ2) is 6.95. The number of benzene rings is 2. The van der Waals surface area contributed by atoms with E-state index in [-0.39, 0.29) is 5.91 Å². The van der Waals surface area contributed by atoms with Gasteiger partial charge < -0.3 is 14.8 Å². The van der Waals surface area contributed by atoms with Crippen LogP contribution in [0.25, 0.3) is 0 Å². The zero-order valence-corrected chi connectivity index (χ0v) is 14.2. The molecule has 126 valence electrons. The van der Waals surface area contributed by atoms with Gasteiger partial charge in [-0.25, -0.2) is 0 Å². The van der Waals surface area contributed by atoms with Crippen molar-refractivity contribution in [3.8, 4) is 11.5 Å². The molecule has 0 heterocycles. The second-order valence-electron chi connectivity index (χ2n) is 5.93. The van der Waals surface area contributed by atoms with Gasteiger partial charge in [0.15, 0.2) is 0 Å². The largest absolute Gasteiger partial charge is 0.494 e. The number of carbonyl (C=O) groups is 1. The molecule has 1 N–H and O–H groups in total. The van der Waals surface area contributed by atoms with Crippen LogP contribution in [0.2, 0.25) is 0 Å². The fraction of sp³-hybridized carbons (Fsp3) is 0.350. The summed E-state index contributed by atoms with van der Waals surface area (Å²) in [5, 5.41) is 3.05. The van der Waals surface area contributed by atoms with Gasteiger partial charge in [0.2, 0.25) is 5.91 Å². The quantitative estimate of drug-likeness (QED) is 0.832. The van der Waals surface area contributed by atoms with Gasteiger partial charge in [0, 0.05) is 6.07 Å². The van der Waals surface area contributed by atoms with Gasteiger partial charge in [-0.2, -0.15) is 0 Å². The van der Waals surface area contributed by atoms with Crippen molar-refractivity contribution in [1.29, 1.82) is 0 Å². The summed E-state index contributed by atoms with van der Waals surface area (Å²) in [6, 6.07) is 15.5. The van der Waals surface area contributed by atoms with Gasteiger partial charge >= 0.3 is 0 Å². The Kier molecular flexibility index (Phi) is 4.74. The zero-order chi connectivity index (χ0) is 17.0. The molecule has 2 aromatic carbocycles. The van der Waals surface area contributed by atoms with Gasteiger partial charge in [0.1, 0.15) is 11.5 Å². The zero-order valence-electron chi connectivity index (χ0n) is 14.2. The first-order valence-corrected chi connectivity index (χ1v) is 8.46. The molecular weight excluding hydrogens is 302 g/mol. The van der Waals surface area contributed by atoms with E-state index in [2.05, 4.69) is 5.32 Å². The SMILES string of the molecule is CCOc1ccc(OCC)c(NC(=O)C2(c3ccccc3)CC2)c1. The van der Waals surface area contributed by atoms with Gasteiger partial charge in [-0.05, 0) is 44.4 Å². The highest BCUT2D eigenvalue weighted by Crippen LogP contribution is 2.49. The smallest absolute Gasteiger partial charge is 0.235 e. The van der Waals surface area contributed by atoms with Crippen molar-refractivity contribution in [2.24, 2.45) is 0 Å². The van der Waals surface area contributed by atoms with Crippen LogP contribution in [-0.4, -0.2) is 19.1 Å². The Morgan fingerprint density at radius 3 is 2.38 bits per heavy atom. The molecule has 2 aromatic rings. The van der Waals surface area contributed by atoms with E-state index in [9.17, 15) is 4.79 Å². The fourth-order valence-corrected chi connectivity index (χ4v) is 2.92. The predicted octanol–water partition coefficient (Wildman–Crippen LogP) is 4.15. The molecule has 1 aliphatic rings. The van der Waals surface area contributed by atoms with E-state index in [0.29, 0.717) is 24.7 Å². The molecule has 1 aliphatic carbocycles. The third-order valence-electron chi connectivity index (χ3n) is 4.32. The van der Waals surface area contributed by atoms with Crippen molar-refractivity contribution in [3.05, 3.63) is 54.1 Å². The fourth-order valence-electron chi connectivity index (χ4n) is 2.92. The molecule has 0 unspecified atom stereocenters. The van der Waals surface area contributed by atoms with Gasteiger partial charge in [-0.3, -0.25) is 4.79 Å². The highest BCUT2D eigenvalue weighted by atomic mass is 16.5. The van der Waals surface area contributed by atoms with E-state index >= 15 is 0 Å². The van der Waals surface area contributed by atoms with Crippen LogP contribution >= 0.6 is 0 Å². The number of ether oxygens (including phenoxy) is 2. The minimum absolute atomic E-state index is 0.0169. The van der Waals surface area contributed by atoms with Gasteiger partial charge in [-0.1, -0.05) is 30.3 Å². The molecule has 0 aromatic heterocycles. The molecule has 0 saturated heterocycles. The van der Waals surface area contributed by atoms with Gasteiger partial charge in [0.05, 0.1) is 24.3 Å².